The van der Waals surface area contributed by atoms with Crippen molar-refractivity contribution >= 4 is 35.0 Å². The van der Waals surface area contributed by atoms with Crippen molar-refractivity contribution in [3.8, 4) is 0 Å². The van der Waals surface area contributed by atoms with Gasteiger partial charge in [0.05, 0.1) is 17.3 Å². The number of hydrogen-bond donors (Lipinski definition) is 3. The van der Waals surface area contributed by atoms with Gasteiger partial charge in [-0.3, -0.25) is 14.5 Å². The highest BCUT2D eigenvalue weighted by atomic mass is 19.1. The van der Waals surface area contributed by atoms with Crippen molar-refractivity contribution in [2.24, 2.45) is 5.92 Å². The van der Waals surface area contributed by atoms with Crippen LogP contribution in [-0.2, 0) is 9.59 Å². The lowest BCUT2D eigenvalue weighted by Gasteiger charge is -2.25. The Bertz CT molecular complexity index is 1190. The molecule has 1 unspecified atom stereocenters. The molecule has 0 bridgehead atoms. The number of amides is 2. The minimum atomic E-state index is -0.340. The maximum Gasteiger partial charge on any atom is 0.248 e. The van der Waals surface area contributed by atoms with Crippen molar-refractivity contribution in [3.05, 3.63) is 95.8 Å². The van der Waals surface area contributed by atoms with Crippen molar-refractivity contribution in [2.45, 2.75) is 12.5 Å². The summed E-state index contributed by atoms with van der Waals surface area (Å²) < 4.78 is 13.2. The van der Waals surface area contributed by atoms with Gasteiger partial charge in [-0.15, -0.1) is 0 Å². The highest BCUT2D eigenvalue weighted by Crippen LogP contribution is 2.37. The van der Waals surface area contributed by atoms with Crippen LogP contribution in [0.5, 0.6) is 0 Å². The number of rotatable bonds is 6. The van der Waals surface area contributed by atoms with E-state index in [9.17, 15) is 14.0 Å². The fourth-order valence-electron chi connectivity index (χ4n) is 4.24. The summed E-state index contributed by atoms with van der Waals surface area (Å²) in [5, 5.41) is 5.66. The lowest BCUT2D eigenvalue weighted by atomic mass is 9.92. The third-order valence-electron chi connectivity index (χ3n) is 6.02. The maximum absolute atomic E-state index is 13.2. The summed E-state index contributed by atoms with van der Waals surface area (Å²) in [5.41, 5.74) is 9.41. The van der Waals surface area contributed by atoms with Crippen LogP contribution in [0.25, 0.3) is 6.08 Å². The van der Waals surface area contributed by atoms with E-state index in [1.165, 1.54) is 18.2 Å². The number of halogens is 1. The Hall–Kier alpha value is -3.97. The summed E-state index contributed by atoms with van der Waals surface area (Å²) in [4.78, 5) is 27.3. The van der Waals surface area contributed by atoms with Gasteiger partial charge in [-0.05, 0) is 73.6 Å². The molecule has 4 rings (SSSR count). The van der Waals surface area contributed by atoms with Crippen molar-refractivity contribution in [2.75, 3.05) is 30.0 Å². The molecule has 7 heteroatoms. The molecule has 0 aromatic heterocycles. The third-order valence-corrected chi connectivity index (χ3v) is 6.02. The van der Waals surface area contributed by atoms with Crippen LogP contribution >= 0.6 is 0 Å². The number of carbonyl (C=O) groups is 2. The van der Waals surface area contributed by atoms with Crippen LogP contribution in [0.1, 0.15) is 23.6 Å². The smallest absolute Gasteiger partial charge is 0.248 e. The fourth-order valence-corrected chi connectivity index (χ4v) is 4.24. The molecular weight excluding hydrogens is 431 g/mol. The number of para-hydroxylation sites is 2. The highest BCUT2D eigenvalue weighted by molar-refractivity contribution is 6.03. The predicted octanol–water partition coefficient (Wildman–Crippen LogP) is 4.69. The molecular formula is C27H27FN4O2. The third kappa shape index (κ3) is 5.50. The molecule has 2 amide bonds. The van der Waals surface area contributed by atoms with Crippen LogP contribution in [0.15, 0.2) is 78.9 Å². The summed E-state index contributed by atoms with van der Waals surface area (Å²) in [6, 6.07) is 20.6. The van der Waals surface area contributed by atoms with Crippen LogP contribution in [0.2, 0.25) is 0 Å². The molecule has 1 saturated heterocycles. The SMILES string of the molecule is CN1CC[C@H](C(=O)Nc2ccc(F)cc2)C1c1ccc(C=CC(=O)Nc2ccccc2N)cc1. The summed E-state index contributed by atoms with van der Waals surface area (Å²) >= 11 is 0. The first kappa shape index (κ1) is 23.2. The molecule has 1 aliphatic heterocycles. The first-order valence-corrected chi connectivity index (χ1v) is 11.1. The number of carbonyl (C=O) groups excluding carboxylic acids is 2. The van der Waals surface area contributed by atoms with Crippen molar-refractivity contribution in [1.82, 2.24) is 4.90 Å². The second-order valence-electron chi connectivity index (χ2n) is 8.39. The van der Waals surface area contributed by atoms with Gasteiger partial charge in [-0.25, -0.2) is 4.39 Å². The molecule has 3 aromatic carbocycles. The molecule has 34 heavy (non-hydrogen) atoms. The van der Waals surface area contributed by atoms with Crippen molar-refractivity contribution in [3.63, 3.8) is 0 Å². The van der Waals surface area contributed by atoms with E-state index in [4.69, 9.17) is 5.73 Å². The van der Waals surface area contributed by atoms with Gasteiger partial charge in [0.1, 0.15) is 5.82 Å². The lowest BCUT2D eigenvalue weighted by molar-refractivity contribution is -0.120. The Morgan fingerprint density at radius 2 is 1.71 bits per heavy atom. The first-order chi connectivity index (χ1) is 16.4. The van der Waals surface area contributed by atoms with Gasteiger partial charge in [-0.1, -0.05) is 36.4 Å². The van der Waals surface area contributed by atoms with E-state index in [0.717, 1.165) is 24.1 Å². The van der Waals surface area contributed by atoms with E-state index in [-0.39, 0.29) is 29.6 Å². The Morgan fingerprint density at radius 1 is 1.00 bits per heavy atom. The number of benzene rings is 3. The summed E-state index contributed by atoms with van der Waals surface area (Å²) in [6.07, 6.45) is 3.93. The van der Waals surface area contributed by atoms with E-state index < -0.39 is 0 Å². The zero-order valence-electron chi connectivity index (χ0n) is 18.9. The van der Waals surface area contributed by atoms with Gasteiger partial charge < -0.3 is 16.4 Å². The van der Waals surface area contributed by atoms with Gasteiger partial charge in [-0.2, -0.15) is 0 Å². The minimum absolute atomic E-state index is 0.0668. The van der Waals surface area contributed by atoms with Gasteiger partial charge in [0.2, 0.25) is 11.8 Å². The zero-order valence-corrected chi connectivity index (χ0v) is 18.9. The van der Waals surface area contributed by atoms with Crippen molar-refractivity contribution < 1.29 is 14.0 Å². The van der Waals surface area contributed by atoms with Gasteiger partial charge in [0.15, 0.2) is 0 Å². The molecule has 0 radical (unpaired) electrons. The monoisotopic (exact) mass is 458 g/mol. The average molecular weight is 459 g/mol. The minimum Gasteiger partial charge on any atom is -0.397 e. The van der Waals surface area contributed by atoms with Crippen LogP contribution in [0.4, 0.5) is 21.5 Å². The molecule has 1 fully saturated rings. The summed E-state index contributed by atoms with van der Waals surface area (Å²) in [6.45, 7) is 0.802. The predicted molar refractivity (Wildman–Crippen MR) is 133 cm³/mol. The molecule has 0 saturated carbocycles. The second kappa shape index (κ2) is 10.3. The Balaban J connectivity index is 1.41. The topological polar surface area (TPSA) is 87.5 Å². The molecule has 174 valence electrons. The molecule has 1 heterocycles. The van der Waals surface area contributed by atoms with E-state index in [2.05, 4.69) is 15.5 Å². The molecule has 3 aromatic rings. The van der Waals surface area contributed by atoms with E-state index in [0.29, 0.717) is 17.1 Å². The van der Waals surface area contributed by atoms with Gasteiger partial charge in [0.25, 0.3) is 0 Å². The van der Waals surface area contributed by atoms with Crippen LogP contribution in [-0.4, -0.2) is 30.3 Å². The summed E-state index contributed by atoms with van der Waals surface area (Å²) in [5.74, 6) is -0.914. The Labute approximate surface area is 198 Å². The Morgan fingerprint density at radius 3 is 2.41 bits per heavy atom. The zero-order chi connectivity index (χ0) is 24.1. The number of nitrogen functional groups attached to an aromatic ring is 1. The van der Waals surface area contributed by atoms with Crippen LogP contribution in [0.3, 0.4) is 0 Å². The quantitative estimate of drug-likeness (QED) is 0.369. The standard InChI is InChI=1S/C27H27FN4O2/c1-32-17-16-22(27(34)30-21-13-11-20(28)12-14-21)26(32)19-9-6-18(7-10-19)8-15-25(33)31-24-5-3-2-4-23(24)29/h2-15,22,26H,16-17,29H2,1H3,(H,30,34)(H,31,33)/t22-,26?/m0/s1. The van der Waals surface area contributed by atoms with E-state index in [1.54, 1.807) is 36.4 Å². The number of nitrogens with one attached hydrogen (secondary N) is 2. The number of hydrogen-bond acceptors (Lipinski definition) is 4. The second-order valence-corrected chi connectivity index (χ2v) is 8.39. The van der Waals surface area contributed by atoms with Gasteiger partial charge in [0, 0.05) is 17.8 Å². The number of anilines is 3. The van der Waals surface area contributed by atoms with E-state index >= 15 is 0 Å². The number of nitrogens with two attached hydrogens (primary N) is 1. The normalized spacial score (nSPS) is 18.2. The molecule has 0 aliphatic carbocycles. The summed E-state index contributed by atoms with van der Waals surface area (Å²) in [7, 11) is 2.00. The number of likely N-dealkylation sites (tertiary alicyclic amines) is 1. The van der Waals surface area contributed by atoms with Crippen LogP contribution in [0, 0.1) is 11.7 Å². The van der Waals surface area contributed by atoms with Crippen LogP contribution < -0.4 is 16.4 Å². The van der Waals surface area contributed by atoms with E-state index in [1.807, 2.05) is 37.4 Å². The van der Waals surface area contributed by atoms with Crippen molar-refractivity contribution in [1.29, 1.82) is 0 Å². The molecule has 0 spiro atoms. The first-order valence-electron chi connectivity index (χ1n) is 11.1. The number of nitrogens with zero attached hydrogens (tertiary/aromatic N) is 1. The molecule has 2 atom stereocenters. The molecule has 1 aliphatic rings. The highest BCUT2D eigenvalue weighted by Gasteiger charge is 2.37. The largest absolute Gasteiger partial charge is 0.397 e. The Kier molecular flexibility index (Phi) is 7.04. The molecule has 4 N–H and O–H groups in total. The maximum atomic E-state index is 13.2. The van der Waals surface area contributed by atoms with Gasteiger partial charge >= 0.3 is 0 Å². The lowest BCUT2D eigenvalue weighted by Crippen LogP contribution is -2.29. The fraction of sp³-hybridized carbons (Fsp3) is 0.185. The average Bonchev–Trinajstić information content (AvgIpc) is 3.22. The molecule has 6 nitrogen and oxygen atoms in total.